The molecule has 0 aromatic heterocycles. The van der Waals surface area contributed by atoms with Gasteiger partial charge in [0, 0.05) is 22.4 Å². The summed E-state index contributed by atoms with van der Waals surface area (Å²) in [4.78, 5) is 0. The van der Waals surface area contributed by atoms with Gasteiger partial charge in [-0.15, -0.1) is 0 Å². The second-order valence-corrected chi connectivity index (χ2v) is 0. The molecule has 0 spiro atoms. The van der Waals surface area contributed by atoms with Crippen LogP contribution in [0, 0.1) is 0 Å². The Morgan fingerprint density at radius 1 is 1.20 bits per heavy atom. The molecule has 0 amide bonds. The van der Waals surface area contributed by atoms with Crippen LogP contribution in [0.3, 0.4) is 0 Å². The SMILES string of the molecule is [Ag].[O]=[Sn].[O]=[W]. The Hall–Kier alpha value is 1.83. The normalized spacial score (nSPS) is 1.60. The molecule has 5 heavy (non-hydrogen) atoms. The fourth-order valence-corrected chi connectivity index (χ4v) is 0. The predicted octanol–water partition coefficient (Wildman–Crippen LogP) is -0.623. The standard InChI is InChI=1S/Ag.2O.Sn.W. The summed E-state index contributed by atoms with van der Waals surface area (Å²) in [5.74, 6) is 0. The molecule has 0 saturated heterocycles. The van der Waals surface area contributed by atoms with Crippen molar-refractivity contribution in [3.63, 3.8) is 0 Å². The van der Waals surface area contributed by atoms with E-state index >= 15 is 0 Å². The zero-order valence-corrected chi connectivity index (χ0v) is 9.30. The summed E-state index contributed by atoms with van der Waals surface area (Å²) in [5, 5.41) is 0. The van der Waals surface area contributed by atoms with E-state index in [2.05, 4.69) is 0 Å². The quantitative estimate of drug-likeness (QED) is 0.469. The fraction of sp³-hybridized carbons (Fsp3) is 0. The summed E-state index contributed by atoms with van der Waals surface area (Å²) in [5.41, 5.74) is 0. The van der Waals surface area contributed by atoms with E-state index in [9.17, 15) is 0 Å². The molecule has 5 heteroatoms. The average molecular weight is 442 g/mol. The predicted molar refractivity (Wildman–Crippen MR) is 7.13 cm³/mol. The van der Waals surface area contributed by atoms with Crippen LogP contribution in [-0.4, -0.2) is 22.5 Å². The first-order chi connectivity index (χ1) is 2.00. The van der Waals surface area contributed by atoms with Crippen molar-refractivity contribution in [3.8, 4) is 0 Å². The van der Waals surface area contributed by atoms with Gasteiger partial charge in [-0.25, -0.2) is 0 Å². The fourth-order valence-electron chi connectivity index (χ4n) is 0. The maximum atomic E-state index is 8.34. The van der Waals surface area contributed by atoms with Gasteiger partial charge in [-0.05, 0) is 0 Å². The molecule has 0 aromatic carbocycles. The van der Waals surface area contributed by atoms with E-state index in [0.29, 0.717) is 42.3 Å². The van der Waals surface area contributed by atoms with E-state index < -0.39 is 0 Å². The maximum absolute atomic E-state index is 8.34. The van der Waals surface area contributed by atoms with Gasteiger partial charge in [0.05, 0.1) is 0 Å². The van der Waals surface area contributed by atoms with Crippen LogP contribution < -0.4 is 0 Å². The van der Waals surface area contributed by atoms with Crippen molar-refractivity contribution >= 4 is 22.5 Å². The first-order valence-electron chi connectivity index (χ1n) is 0.371. The molecule has 0 bridgehead atoms. The van der Waals surface area contributed by atoms with Crippen molar-refractivity contribution in [3.05, 3.63) is 0 Å². The topological polar surface area (TPSA) is 34.1 Å². The Morgan fingerprint density at radius 2 is 1.20 bits per heavy atom. The summed E-state index contributed by atoms with van der Waals surface area (Å²) in [7, 11) is 0. The second-order valence-electron chi connectivity index (χ2n) is 0. The van der Waals surface area contributed by atoms with Crippen molar-refractivity contribution in [1.82, 2.24) is 0 Å². The van der Waals surface area contributed by atoms with Gasteiger partial charge in [-0.2, -0.15) is 0 Å². The molecule has 0 saturated carbocycles. The summed E-state index contributed by atoms with van der Waals surface area (Å²) >= 11 is 0.633. The van der Waals surface area contributed by atoms with Gasteiger partial charge < -0.3 is 0 Å². The first-order valence-corrected chi connectivity index (χ1v) is 2.73. The zero-order valence-electron chi connectivity index (χ0n) is 2.03. The van der Waals surface area contributed by atoms with E-state index in [-0.39, 0.29) is 22.4 Å². The van der Waals surface area contributed by atoms with Crippen LogP contribution in [0.25, 0.3) is 0 Å². The van der Waals surface area contributed by atoms with Crippen LogP contribution in [0.2, 0.25) is 0 Å². The molecule has 0 rings (SSSR count). The molecule has 0 aliphatic rings. The van der Waals surface area contributed by atoms with Gasteiger partial charge in [0.15, 0.2) is 0 Å². The summed E-state index contributed by atoms with van der Waals surface area (Å²) in [6.45, 7) is 0. The Labute approximate surface area is 70.3 Å². The summed E-state index contributed by atoms with van der Waals surface area (Å²) in [6.07, 6.45) is 0. The molecular formula is AgO2SnW. The van der Waals surface area contributed by atoms with Crippen LogP contribution in [0.4, 0.5) is 0 Å². The third-order valence-electron chi connectivity index (χ3n) is 0. The van der Waals surface area contributed by atoms with Crippen LogP contribution >= 0.6 is 0 Å². The van der Waals surface area contributed by atoms with E-state index in [1.807, 2.05) is 0 Å². The van der Waals surface area contributed by atoms with E-state index in [0.717, 1.165) is 0 Å². The molecule has 0 aliphatic heterocycles. The minimum absolute atomic E-state index is 0. The van der Waals surface area contributed by atoms with E-state index in [4.69, 9.17) is 6.47 Å². The molecule has 0 unspecified atom stereocenters. The molecule has 0 aromatic rings. The van der Waals surface area contributed by atoms with Gasteiger partial charge in [0.25, 0.3) is 0 Å². The molecule has 33 valence electrons. The van der Waals surface area contributed by atoms with E-state index in [1.54, 1.807) is 0 Å². The number of hydrogen-bond donors (Lipinski definition) is 0. The minimum atomic E-state index is 0. The van der Waals surface area contributed by atoms with Gasteiger partial charge in [-0.3, -0.25) is 0 Å². The van der Waals surface area contributed by atoms with Crippen LogP contribution in [0.1, 0.15) is 0 Å². The van der Waals surface area contributed by atoms with Crippen LogP contribution in [-0.2, 0) is 48.6 Å². The van der Waals surface area contributed by atoms with Crippen molar-refractivity contribution in [2.45, 2.75) is 0 Å². The van der Waals surface area contributed by atoms with Gasteiger partial charge in [0.2, 0.25) is 0 Å². The summed E-state index contributed by atoms with van der Waals surface area (Å²) in [6, 6.07) is 0. The Balaban J connectivity index is -0.0000000133. The number of hydrogen-bond acceptors (Lipinski definition) is 2. The van der Waals surface area contributed by atoms with Crippen LogP contribution in [0.15, 0.2) is 0 Å². The van der Waals surface area contributed by atoms with E-state index in [1.165, 1.54) is 0 Å². The third kappa shape index (κ3) is 25.6. The molecule has 3 radical (unpaired) electrons. The molecular weight excluding hydrogens is 442 g/mol. The second kappa shape index (κ2) is 40.7. The zero-order chi connectivity index (χ0) is 4.00. The molecule has 0 heterocycles. The van der Waals surface area contributed by atoms with Crippen molar-refractivity contribution in [1.29, 1.82) is 0 Å². The molecule has 0 N–H and O–H groups in total. The third-order valence-corrected chi connectivity index (χ3v) is 0. The monoisotopic (exact) mass is 443 g/mol. The van der Waals surface area contributed by atoms with Crippen LogP contribution in [0.5, 0.6) is 0 Å². The average Bonchev–Trinajstić information content (AvgIpc) is 1.50. The number of rotatable bonds is 0. The Morgan fingerprint density at radius 3 is 1.20 bits per heavy atom. The Bertz CT molecular complexity index is 11.6. The first kappa shape index (κ1) is 15.8. The molecule has 0 fully saturated rings. The van der Waals surface area contributed by atoms with Gasteiger partial charge in [-0.1, -0.05) is 0 Å². The summed E-state index contributed by atoms with van der Waals surface area (Å²) < 4.78 is 16.7. The Kier molecular flexibility index (Phi) is 129. The molecule has 2 nitrogen and oxygen atoms in total. The molecule has 0 aliphatic carbocycles. The van der Waals surface area contributed by atoms with Crippen molar-refractivity contribution in [2.75, 3.05) is 0 Å². The molecule has 0 atom stereocenters. The van der Waals surface area contributed by atoms with Crippen molar-refractivity contribution in [2.24, 2.45) is 0 Å². The van der Waals surface area contributed by atoms with Gasteiger partial charge >= 0.3 is 48.8 Å². The van der Waals surface area contributed by atoms with Crippen molar-refractivity contribution < 1.29 is 48.6 Å². The van der Waals surface area contributed by atoms with Gasteiger partial charge in [0.1, 0.15) is 0 Å².